The number of aromatic amines is 1. The maximum atomic E-state index is 3.31. The van der Waals surface area contributed by atoms with Crippen LogP contribution in [0.5, 0.6) is 0 Å². The van der Waals surface area contributed by atoms with Crippen molar-refractivity contribution in [3.05, 3.63) is 59.5 Å². The summed E-state index contributed by atoms with van der Waals surface area (Å²) in [5, 5.41) is 2.73. The molecule has 0 atom stereocenters. The number of nitrogens with one attached hydrogen (secondary N) is 1. The molecule has 1 aromatic heterocycles. The van der Waals surface area contributed by atoms with E-state index in [1.54, 1.807) is 0 Å². The molecule has 0 bridgehead atoms. The number of benzene rings is 1. The molecule has 1 aliphatic carbocycles. The molecule has 21 heavy (non-hydrogen) atoms. The van der Waals surface area contributed by atoms with Gasteiger partial charge < -0.3 is 29.8 Å². The van der Waals surface area contributed by atoms with Gasteiger partial charge in [0.2, 0.25) is 0 Å². The zero-order chi connectivity index (χ0) is 13.0. The minimum absolute atomic E-state index is 0. The van der Waals surface area contributed by atoms with Gasteiger partial charge in [-0.3, -0.25) is 6.08 Å². The van der Waals surface area contributed by atoms with E-state index in [0.717, 1.165) is 6.42 Å². The van der Waals surface area contributed by atoms with Crippen molar-refractivity contribution in [3.8, 4) is 0 Å². The third-order valence-corrected chi connectivity index (χ3v) is 4.37. The summed E-state index contributed by atoms with van der Waals surface area (Å²) in [7, 11) is -0.194. The van der Waals surface area contributed by atoms with Gasteiger partial charge in [-0.2, -0.15) is 17.0 Å². The van der Waals surface area contributed by atoms with Crippen molar-refractivity contribution >= 4 is 19.7 Å². The molecule has 1 N–H and O–H groups in total. The summed E-state index contributed by atoms with van der Waals surface area (Å²) in [6.45, 7) is 6.64. The van der Waals surface area contributed by atoms with Crippen molar-refractivity contribution in [2.45, 2.75) is 26.4 Å². The smallest absolute Gasteiger partial charge is 1.00 e. The maximum absolute atomic E-state index is 3.31. The second-order valence-corrected chi connectivity index (χ2v) is 7.16. The maximum Gasteiger partial charge on any atom is 4.00 e. The average Bonchev–Trinajstić information content (AvgIpc) is 3.01. The third kappa shape index (κ3) is 6.58. The number of aromatic nitrogens is 1. The van der Waals surface area contributed by atoms with Crippen LogP contribution in [0, 0.1) is 19.2 Å². The standard InChI is InChI=1S/C9H8N.C7H10Si.2ClH.Ti/c1-7-6-10-9-5-3-2-4-8(7)9;1-8(2)7-5-3-4-6-7;;;/h2-5,10H,1H3;3,5H,4H2,1-2H3;2*1H;/q2*-1;;;+4/p-2. The molecule has 1 heterocycles. The molecule has 109 valence electrons. The molecule has 2 aromatic rings. The normalized spacial score (nSPS) is 11.7. The Labute approximate surface area is 156 Å². The third-order valence-electron chi connectivity index (χ3n) is 2.95. The first-order valence-corrected chi connectivity index (χ1v) is 8.71. The van der Waals surface area contributed by atoms with Gasteiger partial charge in [-0.15, -0.1) is 30.3 Å². The van der Waals surface area contributed by atoms with Crippen LogP contribution in [0.15, 0.2) is 41.6 Å². The van der Waals surface area contributed by atoms with Gasteiger partial charge in [0.25, 0.3) is 0 Å². The summed E-state index contributed by atoms with van der Waals surface area (Å²) in [6, 6.07) is 8.21. The molecular formula is C16H18Cl2NSiTi. The number of H-pyrrole nitrogens is 1. The second kappa shape index (κ2) is 11.3. The van der Waals surface area contributed by atoms with Gasteiger partial charge in [-0.05, 0) is 0 Å². The average molecular weight is 371 g/mol. The minimum atomic E-state index is -0.194. The van der Waals surface area contributed by atoms with E-state index < -0.39 is 0 Å². The van der Waals surface area contributed by atoms with Gasteiger partial charge in [-0.1, -0.05) is 32.2 Å². The van der Waals surface area contributed by atoms with Gasteiger partial charge in [0.15, 0.2) is 0 Å². The Kier molecular flexibility index (Phi) is 12.4. The Hall–Kier alpha value is -0.249. The van der Waals surface area contributed by atoms with Crippen molar-refractivity contribution in [2.75, 3.05) is 0 Å². The Morgan fingerprint density at radius 3 is 2.29 bits per heavy atom. The first kappa shape index (κ1) is 23.0. The summed E-state index contributed by atoms with van der Waals surface area (Å²) in [5.41, 5.74) is 2.36. The number of aryl methyl sites for hydroxylation is 1. The number of para-hydroxylation sites is 1. The van der Waals surface area contributed by atoms with Gasteiger partial charge >= 0.3 is 21.7 Å². The quantitative estimate of drug-likeness (QED) is 0.452. The molecule has 1 nitrogen and oxygen atoms in total. The van der Waals surface area contributed by atoms with Crippen molar-refractivity contribution in [1.82, 2.24) is 4.98 Å². The number of halogens is 2. The minimum Gasteiger partial charge on any atom is -1.00 e. The van der Waals surface area contributed by atoms with E-state index in [0.29, 0.717) is 0 Å². The SMILES string of the molecule is C[Si](C)C1=[C-]CC=C1.Cc1[c-][nH]c2ccccc12.[Cl-].[Cl-].[Ti+4]. The molecule has 0 saturated carbocycles. The molecule has 1 aromatic carbocycles. The zero-order valence-corrected chi connectivity index (χ0v) is 16.5. The monoisotopic (exact) mass is 370 g/mol. The van der Waals surface area contributed by atoms with E-state index in [1.807, 2.05) is 12.1 Å². The van der Waals surface area contributed by atoms with Crippen LogP contribution in [-0.2, 0) is 21.7 Å². The van der Waals surface area contributed by atoms with Crippen molar-refractivity contribution < 1.29 is 46.5 Å². The molecule has 0 spiro atoms. The van der Waals surface area contributed by atoms with Crippen molar-refractivity contribution in [2.24, 2.45) is 0 Å². The summed E-state index contributed by atoms with van der Waals surface area (Å²) >= 11 is 0. The topological polar surface area (TPSA) is 15.8 Å². The van der Waals surface area contributed by atoms with E-state index in [-0.39, 0.29) is 55.3 Å². The summed E-state index contributed by atoms with van der Waals surface area (Å²) in [4.78, 5) is 3.06. The Morgan fingerprint density at radius 2 is 1.81 bits per heavy atom. The van der Waals surface area contributed by atoms with E-state index >= 15 is 0 Å². The molecular weight excluding hydrogens is 353 g/mol. The van der Waals surface area contributed by atoms with Gasteiger partial charge in [0.1, 0.15) is 0 Å². The number of rotatable bonds is 1. The predicted molar refractivity (Wildman–Crippen MR) is 79.9 cm³/mol. The van der Waals surface area contributed by atoms with Crippen LogP contribution in [0.1, 0.15) is 12.0 Å². The van der Waals surface area contributed by atoms with Gasteiger partial charge in [-0.25, -0.2) is 11.3 Å². The van der Waals surface area contributed by atoms with Crippen LogP contribution in [0.3, 0.4) is 0 Å². The van der Waals surface area contributed by atoms with E-state index in [1.165, 1.54) is 21.7 Å². The first-order chi connectivity index (χ1) is 8.68. The Balaban J connectivity index is 0. The van der Waals surface area contributed by atoms with Crippen molar-refractivity contribution in [3.63, 3.8) is 0 Å². The molecule has 0 fully saturated rings. The molecule has 3 rings (SSSR count). The second-order valence-electron chi connectivity index (χ2n) is 4.62. The fraction of sp³-hybridized carbons (Fsp3) is 0.250. The molecule has 5 heteroatoms. The van der Waals surface area contributed by atoms with Crippen LogP contribution in [0.2, 0.25) is 13.1 Å². The predicted octanol–water partition coefficient (Wildman–Crippen LogP) is -1.75. The van der Waals surface area contributed by atoms with E-state index in [4.69, 9.17) is 0 Å². The molecule has 0 unspecified atom stereocenters. The van der Waals surface area contributed by atoms with Crippen LogP contribution in [-0.4, -0.2) is 13.8 Å². The summed E-state index contributed by atoms with van der Waals surface area (Å²) in [6.07, 6.45) is 11.8. The molecule has 0 amide bonds. The van der Waals surface area contributed by atoms with Crippen LogP contribution >= 0.6 is 0 Å². The van der Waals surface area contributed by atoms with Crippen molar-refractivity contribution in [1.29, 1.82) is 0 Å². The Morgan fingerprint density at radius 1 is 1.14 bits per heavy atom. The number of fused-ring (bicyclic) bond motifs is 1. The molecule has 0 saturated heterocycles. The number of allylic oxidation sites excluding steroid dienone is 4. The fourth-order valence-electron chi connectivity index (χ4n) is 1.90. The Bertz CT molecular complexity index is 591. The number of hydrogen-bond donors (Lipinski definition) is 1. The van der Waals surface area contributed by atoms with Crippen LogP contribution in [0.25, 0.3) is 10.9 Å². The summed E-state index contributed by atoms with van der Waals surface area (Å²) in [5.74, 6) is 0. The number of hydrogen-bond acceptors (Lipinski definition) is 0. The van der Waals surface area contributed by atoms with E-state index in [9.17, 15) is 0 Å². The molecule has 0 aliphatic heterocycles. The van der Waals surface area contributed by atoms with E-state index in [2.05, 4.69) is 61.6 Å². The molecule has 1 radical (unpaired) electrons. The molecule has 1 aliphatic rings. The largest absolute Gasteiger partial charge is 4.00 e. The first-order valence-electron chi connectivity index (χ1n) is 6.21. The van der Waals surface area contributed by atoms with Crippen LogP contribution in [0.4, 0.5) is 0 Å². The van der Waals surface area contributed by atoms with Gasteiger partial charge in [0, 0.05) is 8.80 Å². The zero-order valence-electron chi connectivity index (χ0n) is 12.4. The fourth-order valence-corrected chi connectivity index (χ4v) is 2.80. The van der Waals surface area contributed by atoms with Gasteiger partial charge in [0.05, 0.1) is 0 Å². The van der Waals surface area contributed by atoms with Crippen LogP contribution < -0.4 is 24.8 Å². The summed E-state index contributed by atoms with van der Waals surface area (Å²) < 4.78 is 0.